The minimum absolute atomic E-state index is 1.00. The van der Waals surface area contributed by atoms with E-state index >= 15 is 0 Å². The van der Waals surface area contributed by atoms with Crippen molar-refractivity contribution < 1.29 is 4.74 Å². The lowest BCUT2D eigenvalue weighted by Crippen LogP contribution is -2.57. The van der Waals surface area contributed by atoms with Gasteiger partial charge in [0.1, 0.15) is 0 Å². The van der Waals surface area contributed by atoms with Crippen LogP contribution in [0.5, 0.6) is 0 Å². The second-order valence-corrected chi connectivity index (χ2v) is 12.8. The fourth-order valence-corrected chi connectivity index (χ4v) is 9.98. The summed E-state index contributed by atoms with van der Waals surface area (Å²) >= 11 is -1.61. The van der Waals surface area contributed by atoms with E-state index in [0.29, 0.717) is 0 Å². The van der Waals surface area contributed by atoms with Gasteiger partial charge < -0.3 is 4.74 Å². The molecule has 3 aromatic rings. The van der Waals surface area contributed by atoms with E-state index in [1.165, 1.54) is 62.9 Å². The summed E-state index contributed by atoms with van der Waals surface area (Å²) in [5, 5.41) is 0. The number of rotatable bonds is 3. The Hall–Kier alpha value is -1.85. The minimum Gasteiger partial charge on any atom is -0.381 e. The van der Waals surface area contributed by atoms with Gasteiger partial charge in [0.2, 0.25) is 0 Å². The Morgan fingerprint density at radius 2 is 0.697 bits per heavy atom. The van der Waals surface area contributed by atoms with Gasteiger partial charge >= 0.3 is 14.1 Å². The van der Waals surface area contributed by atoms with Crippen LogP contribution in [0, 0.1) is 62.3 Å². The van der Waals surface area contributed by atoms with Crippen LogP contribution in [0.1, 0.15) is 62.9 Å². The maximum Gasteiger partial charge on any atom is 0.385 e. The van der Waals surface area contributed by atoms with Crippen LogP contribution in [0.25, 0.3) is 0 Å². The first kappa shape index (κ1) is 25.8. The molecule has 0 bridgehead atoms. The Labute approximate surface area is 206 Å². The van der Waals surface area contributed by atoms with E-state index in [-0.39, 0.29) is 0 Å². The van der Waals surface area contributed by atoms with Gasteiger partial charge in [0.25, 0.3) is 0 Å². The van der Waals surface area contributed by atoms with Crippen LogP contribution < -0.4 is 13.3 Å². The van der Waals surface area contributed by atoms with Crippen LogP contribution in [-0.4, -0.2) is 27.4 Å². The van der Waals surface area contributed by atoms with E-state index in [9.17, 15) is 0 Å². The van der Waals surface area contributed by atoms with Gasteiger partial charge in [-0.15, -0.1) is 0 Å². The van der Waals surface area contributed by atoms with Crippen molar-refractivity contribution >= 4 is 27.4 Å². The highest BCUT2D eigenvalue weighted by molar-refractivity contribution is 6.97. The van der Waals surface area contributed by atoms with Crippen LogP contribution in [0.4, 0.5) is 0 Å². The molecule has 0 saturated carbocycles. The molecule has 0 aliphatic carbocycles. The SMILES string of the molecule is C1CCOC1.Cc1cc(C)[c]([Al]([c]2c(C)cc(C)cc2C)[c]2c(C)cc(C)cc2C)c(C)c1. The second-order valence-electron chi connectivity index (χ2n) is 10.2. The lowest BCUT2D eigenvalue weighted by molar-refractivity contribution is 0.198. The number of hydrogen-bond donors (Lipinski definition) is 0. The first-order chi connectivity index (χ1) is 15.6. The third-order valence-electron chi connectivity index (χ3n) is 6.91. The Morgan fingerprint density at radius 1 is 0.455 bits per heavy atom. The Bertz CT molecular complexity index is 924. The van der Waals surface area contributed by atoms with Gasteiger partial charge in [0.15, 0.2) is 0 Å². The summed E-state index contributed by atoms with van der Waals surface area (Å²) < 4.78 is 9.77. The molecule has 3 aromatic carbocycles. The summed E-state index contributed by atoms with van der Waals surface area (Å²) in [6.07, 6.45) is 2.56. The predicted molar refractivity (Wildman–Crippen MR) is 147 cm³/mol. The van der Waals surface area contributed by atoms with E-state index in [4.69, 9.17) is 4.74 Å². The first-order valence-electron chi connectivity index (χ1n) is 12.4. The highest BCUT2D eigenvalue weighted by atomic mass is 27.2. The van der Waals surface area contributed by atoms with Crippen molar-refractivity contribution in [3.63, 3.8) is 0 Å². The molecule has 0 radical (unpaired) electrons. The molecule has 0 unspecified atom stereocenters. The van der Waals surface area contributed by atoms with Crippen molar-refractivity contribution in [1.82, 2.24) is 0 Å². The van der Waals surface area contributed by atoms with E-state index in [1.54, 1.807) is 13.3 Å². The summed E-state index contributed by atoms with van der Waals surface area (Å²) in [5.74, 6) is 0. The van der Waals surface area contributed by atoms with Crippen molar-refractivity contribution in [1.29, 1.82) is 0 Å². The third-order valence-corrected chi connectivity index (χ3v) is 11.4. The fraction of sp³-hybridized carbons (Fsp3) is 0.419. The average molecular weight is 457 g/mol. The predicted octanol–water partition coefficient (Wildman–Crippen LogP) is 5.78. The molecule has 1 aliphatic heterocycles. The summed E-state index contributed by atoms with van der Waals surface area (Å²) in [6.45, 7) is 22.5. The van der Waals surface area contributed by atoms with Crippen LogP contribution in [-0.2, 0) is 4.74 Å². The van der Waals surface area contributed by atoms with Crippen molar-refractivity contribution in [3.8, 4) is 0 Å². The van der Waals surface area contributed by atoms with Gasteiger partial charge in [-0.1, -0.05) is 99.7 Å². The smallest absolute Gasteiger partial charge is 0.381 e. The van der Waals surface area contributed by atoms with Gasteiger partial charge in [-0.3, -0.25) is 0 Å². The Morgan fingerprint density at radius 3 is 0.879 bits per heavy atom. The average Bonchev–Trinajstić information content (AvgIpc) is 3.25. The van der Waals surface area contributed by atoms with Crippen molar-refractivity contribution in [2.45, 2.75) is 75.2 Å². The molecule has 1 fully saturated rings. The summed E-state index contributed by atoms with van der Waals surface area (Å²) in [4.78, 5) is 0. The van der Waals surface area contributed by atoms with Gasteiger partial charge in [-0.25, -0.2) is 0 Å². The molecule has 0 amide bonds. The molecule has 4 rings (SSSR count). The molecular weight excluding hydrogens is 415 g/mol. The molecule has 1 nitrogen and oxygen atoms in total. The highest BCUT2D eigenvalue weighted by Gasteiger charge is 2.33. The zero-order valence-electron chi connectivity index (χ0n) is 22.3. The standard InChI is InChI=1S/3C9H11.C4H8O.Al/c3*1-7-4-8(2)6-9(3)5-7;1-2-4-5-3-1;/h3*4-5H,1-3H3;1-4H2;. The summed E-state index contributed by atoms with van der Waals surface area (Å²) in [7, 11) is 0. The number of hydrogen-bond acceptors (Lipinski definition) is 1. The molecule has 1 heterocycles. The molecular formula is C31H41AlO. The monoisotopic (exact) mass is 456 g/mol. The van der Waals surface area contributed by atoms with Gasteiger partial charge in [0, 0.05) is 13.2 Å². The quantitative estimate of drug-likeness (QED) is 0.454. The lowest BCUT2D eigenvalue weighted by Gasteiger charge is -2.26. The number of aryl methyl sites for hydroxylation is 9. The molecule has 0 aromatic heterocycles. The molecule has 0 atom stereocenters. The summed E-state index contributed by atoms with van der Waals surface area (Å²) in [6, 6.07) is 14.3. The van der Waals surface area contributed by atoms with E-state index in [1.807, 2.05) is 0 Å². The number of benzene rings is 3. The molecule has 0 spiro atoms. The molecule has 1 saturated heterocycles. The van der Waals surface area contributed by atoms with E-state index in [2.05, 4.69) is 98.7 Å². The minimum atomic E-state index is -1.61. The van der Waals surface area contributed by atoms with Crippen LogP contribution in [0.2, 0.25) is 0 Å². The van der Waals surface area contributed by atoms with Crippen molar-refractivity contribution in [2.75, 3.05) is 13.2 Å². The van der Waals surface area contributed by atoms with Crippen LogP contribution in [0.3, 0.4) is 0 Å². The maximum atomic E-state index is 4.94. The van der Waals surface area contributed by atoms with E-state index in [0.717, 1.165) is 13.2 Å². The topological polar surface area (TPSA) is 9.23 Å². The molecule has 2 heteroatoms. The van der Waals surface area contributed by atoms with Crippen LogP contribution in [0.15, 0.2) is 36.4 Å². The largest absolute Gasteiger partial charge is 0.385 e. The lowest BCUT2D eigenvalue weighted by atomic mass is 10.1. The summed E-state index contributed by atoms with van der Waals surface area (Å²) in [5.41, 5.74) is 12.8. The molecule has 0 N–H and O–H groups in total. The zero-order chi connectivity index (χ0) is 24.3. The molecule has 1 aliphatic rings. The zero-order valence-corrected chi connectivity index (χ0v) is 23.4. The van der Waals surface area contributed by atoms with Gasteiger partial charge in [-0.05, 0) is 75.2 Å². The van der Waals surface area contributed by atoms with Crippen molar-refractivity contribution in [2.24, 2.45) is 0 Å². The third kappa shape index (κ3) is 5.99. The van der Waals surface area contributed by atoms with Crippen molar-refractivity contribution in [3.05, 3.63) is 86.5 Å². The Balaban J connectivity index is 0.000000541. The normalized spacial score (nSPS) is 13.0. The molecule has 174 valence electrons. The fourth-order valence-electron chi connectivity index (χ4n) is 5.88. The van der Waals surface area contributed by atoms with Crippen LogP contribution >= 0.6 is 0 Å². The first-order valence-corrected chi connectivity index (χ1v) is 14.1. The number of ether oxygens (including phenoxy) is 1. The second kappa shape index (κ2) is 11.1. The highest BCUT2D eigenvalue weighted by Crippen LogP contribution is 2.16. The van der Waals surface area contributed by atoms with Gasteiger partial charge in [0.05, 0.1) is 0 Å². The molecule has 33 heavy (non-hydrogen) atoms. The van der Waals surface area contributed by atoms with E-state index < -0.39 is 14.1 Å². The maximum absolute atomic E-state index is 4.94. The van der Waals surface area contributed by atoms with Gasteiger partial charge in [-0.2, -0.15) is 0 Å². The Kier molecular flexibility index (Phi) is 8.63.